The van der Waals surface area contributed by atoms with Crippen LogP contribution in [-0.2, 0) is 4.74 Å². The lowest BCUT2D eigenvalue weighted by Crippen LogP contribution is -2.43. The summed E-state index contributed by atoms with van der Waals surface area (Å²) in [5.74, 6) is 0.612. The predicted molar refractivity (Wildman–Crippen MR) is 76.8 cm³/mol. The number of carbonyl (C=O) groups excluding carboxylic acids is 1. The lowest BCUT2D eigenvalue weighted by Gasteiger charge is -2.32. The highest BCUT2D eigenvalue weighted by Crippen LogP contribution is 2.20. The van der Waals surface area contributed by atoms with Crippen LogP contribution in [0.5, 0.6) is 0 Å². The van der Waals surface area contributed by atoms with Crippen molar-refractivity contribution in [3.63, 3.8) is 0 Å². The molecule has 2 aromatic heterocycles. The Labute approximate surface area is 123 Å². The first-order valence-corrected chi connectivity index (χ1v) is 7.28. The zero-order valence-electron chi connectivity index (χ0n) is 12.0. The van der Waals surface area contributed by atoms with E-state index in [1.807, 2.05) is 17.9 Å². The summed E-state index contributed by atoms with van der Waals surface area (Å²) in [4.78, 5) is 14.3. The average Bonchev–Trinajstić information content (AvgIpc) is 3.18. The van der Waals surface area contributed by atoms with Crippen LogP contribution in [0.3, 0.4) is 0 Å². The maximum absolute atomic E-state index is 12.5. The molecule has 21 heavy (non-hydrogen) atoms. The lowest BCUT2D eigenvalue weighted by atomic mass is 10.1. The van der Waals surface area contributed by atoms with E-state index in [1.165, 1.54) is 0 Å². The molecular weight excluding hydrogens is 270 g/mol. The van der Waals surface area contributed by atoms with Gasteiger partial charge in [0.15, 0.2) is 11.5 Å². The van der Waals surface area contributed by atoms with Crippen molar-refractivity contribution >= 4 is 5.91 Å². The number of aromatic amines is 1. The molecule has 3 heterocycles. The number of aromatic nitrogens is 2. The molecule has 0 spiro atoms. The van der Waals surface area contributed by atoms with Gasteiger partial charge in [-0.3, -0.25) is 9.89 Å². The molecule has 2 aromatic rings. The summed E-state index contributed by atoms with van der Waals surface area (Å²) in [6.45, 7) is 4.04. The summed E-state index contributed by atoms with van der Waals surface area (Å²) >= 11 is 0. The highest BCUT2D eigenvalue weighted by Gasteiger charge is 2.26. The molecule has 0 unspecified atom stereocenters. The lowest BCUT2D eigenvalue weighted by molar-refractivity contribution is 0.00703. The minimum absolute atomic E-state index is 0.0616. The van der Waals surface area contributed by atoms with Crippen molar-refractivity contribution in [2.75, 3.05) is 19.7 Å². The molecule has 1 saturated heterocycles. The summed E-state index contributed by atoms with van der Waals surface area (Å²) < 4.78 is 10.9. The summed E-state index contributed by atoms with van der Waals surface area (Å²) in [6, 6.07) is 5.36. The minimum atomic E-state index is -0.0616. The molecule has 1 amide bonds. The number of H-pyrrole nitrogens is 1. The number of likely N-dealkylation sites (tertiary alicyclic amines) is 1. The molecule has 0 saturated carbocycles. The Kier molecular flexibility index (Phi) is 4.06. The molecule has 0 bridgehead atoms. The van der Waals surface area contributed by atoms with Crippen molar-refractivity contribution in [2.24, 2.45) is 0 Å². The molecule has 1 fully saturated rings. The number of piperidine rings is 1. The summed E-state index contributed by atoms with van der Waals surface area (Å²) in [7, 11) is 0. The largest absolute Gasteiger partial charge is 0.463 e. The fourth-order valence-electron chi connectivity index (χ4n) is 2.65. The van der Waals surface area contributed by atoms with Crippen molar-refractivity contribution in [2.45, 2.75) is 25.9 Å². The standard InChI is InChI=1S/C15H19N3O3/c1-2-20-11-5-3-7-18(10-11)15(19)13-9-12(16-17-13)14-6-4-8-21-14/h4,6,8-9,11H,2-3,5,7,10H2,1H3,(H,16,17)/t11-/m1/s1. The van der Waals surface area contributed by atoms with E-state index in [0.717, 1.165) is 19.4 Å². The van der Waals surface area contributed by atoms with Gasteiger partial charge >= 0.3 is 0 Å². The quantitative estimate of drug-likeness (QED) is 0.937. The smallest absolute Gasteiger partial charge is 0.274 e. The van der Waals surface area contributed by atoms with Crippen molar-refractivity contribution in [1.82, 2.24) is 15.1 Å². The molecule has 0 radical (unpaired) electrons. The Morgan fingerprint density at radius 2 is 2.52 bits per heavy atom. The maximum atomic E-state index is 12.5. The molecule has 6 heteroatoms. The van der Waals surface area contributed by atoms with Crippen LogP contribution in [0.1, 0.15) is 30.3 Å². The number of ether oxygens (including phenoxy) is 1. The average molecular weight is 289 g/mol. The highest BCUT2D eigenvalue weighted by molar-refractivity contribution is 5.93. The Hall–Kier alpha value is -2.08. The molecule has 1 N–H and O–H groups in total. The number of amides is 1. The summed E-state index contributed by atoms with van der Waals surface area (Å²) in [5, 5.41) is 6.94. The van der Waals surface area contributed by atoms with Crippen LogP contribution in [-0.4, -0.2) is 46.8 Å². The van der Waals surface area contributed by atoms with Crippen LogP contribution in [0.4, 0.5) is 0 Å². The van der Waals surface area contributed by atoms with E-state index >= 15 is 0 Å². The number of hydrogen-bond donors (Lipinski definition) is 1. The van der Waals surface area contributed by atoms with Crippen LogP contribution in [0.25, 0.3) is 11.5 Å². The summed E-state index contributed by atoms with van der Waals surface area (Å²) in [5.41, 5.74) is 1.13. The van der Waals surface area contributed by atoms with Gasteiger partial charge in [0.25, 0.3) is 5.91 Å². The van der Waals surface area contributed by atoms with E-state index in [9.17, 15) is 4.79 Å². The Balaban J connectivity index is 1.70. The molecule has 6 nitrogen and oxygen atoms in total. The monoisotopic (exact) mass is 289 g/mol. The first-order chi connectivity index (χ1) is 10.3. The zero-order chi connectivity index (χ0) is 14.7. The number of carbonyl (C=O) groups is 1. The number of nitrogens with one attached hydrogen (secondary N) is 1. The third kappa shape index (κ3) is 3.00. The van der Waals surface area contributed by atoms with Crippen molar-refractivity contribution in [3.8, 4) is 11.5 Å². The Morgan fingerprint density at radius 1 is 1.62 bits per heavy atom. The number of hydrogen-bond acceptors (Lipinski definition) is 4. The zero-order valence-corrected chi connectivity index (χ0v) is 12.0. The topological polar surface area (TPSA) is 71.4 Å². The van der Waals surface area contributed by atoms with E-state index in [2.05, 4.69) is 10.2 Å². The van der Waals surface area contributed by atoms with E-state index < -0.39 is 0 Å². The molecule has 0 aromatic carbocycles. The van der Waals surface area contributed by atoms with Gasteiger partial charge in [-0.15, -0.1) is 0 Å². The molecule has 3 rings (SSSR count). The minimum Gasteiger partial charge on any atom is -0.463 e. The number of furan rings is 1. The third-order valence-electron chi connectivity index (χ3n) is 3.65. The van der Waals surface area contributed by atoms with Crippen LogP contribution in [0.15, 0.2) is 28.9 Å². The van der Waals surface area contributed by atoms with Gasteiger partial charge in [0, 0.05) is 25.8 Å². The first-order valence-electron chi connectivity index (χ1n) is 7.28. The van der Waals surface area contributed by atoms with Gasteiger partial charge in [-0.2, -0.15) is 5.10 Å². The van der Waals surface area contributed by atoms with Gasteiger partial charge < -0.3 is 14.1 Å². The van der Waals surface area contributed by atoms with Gasteiger partial charge in [0.05, 0.1) is 12.4 Å². The van der Waals surface area contributed by atoms with Crippen LogP contribution in [0, 0.1) is 0 Å². The Bertz CT molecular complexity index is 589. The third-order valence-corrected chi connectivity index (χ3v) is 3.65. The van der Waals surface area contributed by atoms with Crippen LogP contribution >= 0.6 is 0 Å². The molecule has 1 atom stereocenters. The van der Waals surface area contributed by atoms with E-state index in [-0.39, 0.29) is 12.0 Å². The molecule has 112 valence electrons. The van der Waals surface area contributed by atoms with Crippen molar-refractivity contribution in [3.05, 3.63) is 30.2 Å². The SMILES string of the molecule is CCO[C@@H]1CCCN(C(=O)c2cc(-c3ccco3)[nH]n2)C1. The maximum Gasteiger partial charge on any atom is 0.274 e. The second kappa shape index (κ2) is 6.13. The molecule has 1 aliphatic rings. The molecule has 1 aliphatic heterocycles. The van der Waals surface area contributed by atoms with E-state index in [4.69, 9.17) is 9.15 Å². The molecular formula is C15H19N3O3. The predicted octanol–water partition coefficient (Wildman–Crippen LogP) is 2.31. The second-order valence-electron chi connectivity index (χ2n) is 5.11. The molecule has 0 aliphatic carbocycles. The number of rotatable bonds is 4. The fraction of sp³-hybridized carbons (Fsp3) is 0.467. The fourth-order valence-corrected chi connectivity index (χ4v) is 2.65. The first kappa shape index (κ1) is 13.9. The normalized spacial score (nSPS) is 18.9. The van der Waals surface area contributed by atoms with Gasteiger partial charge in [-0.25, -0.2) is 0 Å². The van der Waals surface area contributed by atoms with Gasteiger partial charge in [-0.05, 0) is 31.9 Å². The van der Waals surface area contributed by atoms with Crippen molar-refractivity contribution < 1.29 is 13.9 Å². The highest BCUT2D eigenvalue weighted by atomic mass is 16.5. The second-order valence-corrected chi connectivity index (χ2v) is 5.11. The van der Waals surface area contributed by atoms with Gasteiger partial charge in [-0.1, -0.05) is 0 Å². The van der Waals surface area contributed by atoms with Gasteiger partial charge in [0.2, 0.25) is 0 Å². The Morgan fingerprint density at radius 3 is 3.29 bits per heavy atom. The van der Waals surface area contributed by atoms with E-state index in [1.54, 1.807) is 18.4 Å². The van der Waals surface area contributed by atoms with Crippen LogP contribution < -0.4 is 0 Å². The van der Waals surface area contributed by atoms with Crippen LogP contribution in [0.2, 0.25) is 0 Å². The van der Waals surface area contributed by atoms with Gasteiger partial charge in [0.1, 0.15) is 5.69 Å². The summed E-state index contributed by atoms with van der Waals surface area (Å²) in [6.07, 6.45) is 3.70. The van der Waals surface area contributed by atoms with E-state index in [0.29, 0.717) is 30.3 Å². The van der Waals surface area contributed by atoms with Crippen molar-refractivity contribution in [1.29, 1.82) is 0 Å². The number of nitrogens with zero attached hydrogens (tertiary/aromatic N) is 2.